The minimum atomic E-state index is -0.819. The number of ether oxygens (including phenoxy) is 1. The Morgan fingerprint density at radius 1 is 1.35 bits per heavy atom. The summed E-state index contributed by atoms with van der Waals surface area (Å²) in [6.07, 6.45) is 1.44. The lowest BCUT2D eigenvalue weighted by Gasteiger charge is -2.25. The molecule has 0 bridgehead atoms. The number of nitrogens with two attached hydrogens (primary N) is 1. The van der Waals surface area contributed by atoms with Crippen LogP contribution in [0.3, 0.4) is 0 Å². The van der Waals surface area contributed by atoms with Gasteiger partial charge < -0.3 is 15.4 Å². The van der Waals surface area contributed by atoms with E-state index in [1.54, 1.807) is 19.0 Å². The second kappa shape index (κ2) is 8.28. The summed E-state index contributed by atoms with van der Waals surface area (Å²) in [5.41, 5.74) is 4.15. The number of carbonyl (C=O) groups is 2. The van der Waals surface area contributed by atoms with Gasteiger partial charge in [-0.1, -0.05) is 0 Å². The van der Waals surface area contributed by atoms with Gasteiger partial charge >= 0.3 is 5.69 Å². The van der Waals surface area contributed by atoms with Crippen LogP contribution in [0.25, 0.3) is 0 Å². The maximum Gasteiger partial charge on any atom is 0.330 e. The van der Waals surface area contributed by atoms with Crippen molar-refractivity contribution in [3.63, 3.8) is 0 Å². The van der Waals surface area contributed by atoms with E-state index in [4.69, 9.17) is 10.5 Å². The van der Waals surface area contributed by atoms with E-state index in [9.17, 15) is 19.2 Å². The molecule has 0 saturated carbocycles. The average Bonchev–Trinajstić information content (AvgIpc) is 3.01. The van der Waals surface area contributed by atoms with Crippen molar-refractivity contribution in [3.8, 4) is 0 Å². The quantitative estimate of drug-likeness (QED) is 0.561. The van der Waals surface area contributed by atoms with Crippen LogP contribution in [0, 0.1) is 0 Å². The van der Waals surface area contributed by atoms with Crippen LogP contribution in [0.5, 0.6) is 0 Å². The summed E-state index contributed by atoms with van der Waals surface area (Å²) in [5, 5.41) is 0. The molecule has 0 unspecified atom stereocenters. The summed E-state index contributed by atoms with van der Waals surface area (Å²) in [6, 6.07) is -0.395. The fraction of sp³-hybridized carbons (Fsp3) is 0.625. The standard InChI is InChI=1S/C16H25N5O5/c1-19(2)15(24)10-5-4-6-20(10)9-11(22)12-13(17)21(7-8-26-3)16(25)18-14(12)23/h10H,4-9,17H2,1-3H3,(H,18,23,25)/t10-/m0/s1. The number of aromatic nitrogens is 2. The van der Waals surface area contributed by atoms with Crippen LogP contribution in [0.2, 0.25) is 0 Å². The largest absolute Gasteiger partial charge is 0.384 e. The number of hydrogen-bond acceptors (Lipinski definition) is 7. The molecule has 144 valence electrons. The third kappa shape index (κ3) is 4.02. The molecule has 10 nitrogen and oxygen atoms in total. The zero-order chi connectivity index (χ0) is 19.4. The first-order valence-electron chi connectivity index (χ1n) is 8.37. The number of Topliss-reactive ketones (excluding diaryl/α,β-unsaturated/α-hetero) is 1. The Hall–Kier alpha value is -2.46. The number of rotatable bonds is 7. The summed E-state index contributed by atoms with van der Waals surface area (Å²) in [6.45, 7) is 0.788. The van der Waals surface area contributed by atoms with Gasteiger partial charge in [-0.05, 0) is 19.4 Å². The highest BCUT2D eigenvalue weighted by atomic mass is 16.5. The molecule has 1 aromatic heterocycles. The van der Waals surface area contributed by atoms with Gasteiger partial charge in [0.1, 0.15) is 11.4 Å². The molecule has 1 fully saturated rings. The first-order chi connectivity index (χ1) is 12.3. The van der Waals surface area contributed by atoms with Gasteiger partial charge in [0.15, 0.2) is 5.78 Å². The van der Waals surface area contributed by atoms with E-state index in [0.717, 1.165) is 11.0 Å². The number of anilines is 1. The van der Waals surface area contributed by atoms with Crippen LogP contribution >= 0.6 is 0 Å². The normalized spacial score (nSPS) is 17.4. The lowest BCUT2D eigenvalue weighted by molar-refractivity contribution is -0.133. The highest BCUT2D eigenvalue weighted by molar-refractivity contribution is 6.01. The van der Waals surface area contributed by atoms with Crippen LogP contribution in [0.15, 0.2) is 9.59 Å². The van der Waals surface area contributed by atoms with E-state index in [0.29, 0.717) is 13.0 Å². The third-order valence-corrected chi connectivity index (χ3v) is 4.47. The smallest absolute Gasteiger partial charge is 0.330 e. The second-order valence-electron chi connectivity index (χ2n) is 6.45. The SMILES string of the molecule is COCCn1c(N)c(C(=O)CN2CCC[C@H]2C(=O)N(C)C)c(=O)[nH]c1=O. The van der Waals surface area contributed by atoms with Crippen molar-refractivity contribution in [1.82, 2.24) is 19.4 Å². The van der Waals surface area contributed by atoms with Crippen molar-refractivity contribution in [2.45, 2.75) is 25.4 Å². The Labute approximate surface area is 150 Å². The van der Waals surface area contributed by atoms with Crippen molar-refractivity contribution in [2.75, 3.05) is 46.6 Å². The van der Waals surface area contributed by atoms with Crippen molar-refractivity contribution >= 4 is 17.5 Å². The molecule has 1 aliphatic rings. The number of aromatic amines is 1. The molecule has 0 spiro atoms. The molecule has 3 N–H and O–H groups in total. The van der Waals surface area contributed by atoms with Gasteiger partial charge in [-0.25, -0.2) is 4.79 Å². The van der Waals surface area contributed by atoms with Gasteiger partial charge in [0.2, 0.25) is 5.91 Å². The number of hydrogen-bond donors (Lipinski definition) is 2. The molecule has 0 radical (unpaired) electrons. The number of nitrogens with one attached hydrogen (secondary N) is 1. The summed E-state index contributed by atoms with van der Waals surface area (Å²) in [5.74, 6) is -0.786. The molecular weight excluding hydrogens is 342 g/mol. The van der Waals surface area contributed by atoms with E-state index < -0.39 is 23.1 Å². The van der Waals surface area contributed by atoms with Crippen molar-refractivity contribution in [1.29, 1.82) is 0 Å². The molecule has 1 saturated heterocycles. The molecule has 2 rings (SSSR count). The van der Waals surface area contributed by atoms with Gasteiger partial charge in [-0.3, -0.25) is 28.8 Å². The molecule has 1 aromatic rings. The predicted octanol–water partition coefficient (Wildman–Crippen LogP) is -1.50. The Morgan fingerprint density at radius 2 is 2.04 bits per heavy atom. The summed E-state index contributed by atoms with van der Waals surface area (Å²) >= 11 is 0. The third-order valence-electron chi connectivity index (χ3n) is 4.47. The van der Waals surface area contributed by atoms with E-state index in [1.165, 1.54) is 12.0 Å². The fourth-order valence-corrected chi connectivity index (χ4v) is 3.12. The fourth-order valence-electron chi connectivity index (χ4n) is 3.12. The van der Waals surface area contributed by atoms with Gasteiger partial charge in [-0.15, -0.1) is 0 Å². The number of methoxy groups -OCH3 is 1. The lowest BCUT2D eigenvalue weighted by Crippen LogP contribution is -2.46. The van der Waals surface area contributed by atoms with E-state index in [1.807, 2.05) is 0 Å². The number of nitrogen functional groups attached to an aromatic ring is 1. The molecule has 0 aliphatic carbocycles. The first-order valence-corrected chi connectivity index (χ1v) is 8.37. The number of likely N-dealkylation sites (N-methyl/N-ethyl adjacent to an activating group) is 1. The Kier molecular flexibility index (Phi) is 6.32. The van der Waals surface area contributed by atoms with Crippen LogP contribution in [-0.2, 0) is 16.1 Å². The number of likely N-dealkylation sites (tertiary alicyclic amines) is 1. The van der Waals surface area contributed by atoms with Crippen LogP contribution in [-0.4, -0.2) is 78.0 Å². The van der Waals surface area contributed by atoms with Crippen molar-refractivity contribution < 1.29 is 14.3 Å². The van der Waals surface area contributed by atoms with Crippen LogP contribution in [0.1, 0.15) is 23.2 Å². The van der Waals surface area contributed by atoms with Crippen LogP contribution < -0.4 is 17.0 Å². The number of carbonyl (C=O) groups excluding carboxylic acids is 2. The minimum absolute atomic E-state index is 0.0813. The number of nitrogens with zero attached hydrogens (tertiary/aromatic N) is 3. The van der Waals surface area contributed by atoms with Gasteiger partial charge in [0.05, 0.1) is 25.7 Å². The van der Waals surface area contributed by atoms with Gasteiger partial charge in [0.25, 0.3) is 5.56 Å². The maximum absolute atomic E-state index is 12.7. The summed E-state index contributed by atoms with van der Waals surface area (Å²) in [7, 11) is 4.79. The maximum atomic E-state index is 12.7. The van der Waals surface area contributed by atoms with Crippen molar-refractivity contribution in [3.05, 3.63) is 26.4 Å². The Balaban J connectivity index is 2.28. The minimum Gasteiger partial charge on any atom is -0.384 e. The van der Waals surface area contributed by atoms with E-state index in [-0.39, 0.29) is 37.0 Å². The van der Waals surface area contributed by atoms with Crippen LogP contribution in [0.4, 0.5) is 5.82 Å². The summed E-state index contributed by atoms with van der Waals surface area (Å²) < 4.78 is 6.02. The first kappa shape index (κ1) is 19.9. The lowest BCUT2D eigenvalue weighted by atomic mass is 10.1. The molecule has 1 aliphatic heterocycles. The molecule has 26 heavy (non-hydrogen) atoms. The van der Waals surface area contributed by atoms with Gasteiger partial charge in [-0.2, -0.15) is 0 Å². The highest BCUT2D eigenvalue weighted by Crippen LogP contribution is 2.19. The van der Waals surface area contributed by atoms with E-state index >= 15 is 0 Å². The molecular formula is C16H25N5O5. The highest BCUT2D eigenvalue weighted by Gasteiger charge is 2.34. The number of H-pyrrole nitrogens is 1. The zero-order valence-electron chi connectivity index (χ0n) is 15.3. The average molecular weight is 367 g/mol. The monoisotopic (exact) mass is 367 g/mol. The molecule has 1 atom stereocenters. The summed E-state index contributed by atoms with van der Waals surface area (Å²) in [4.78, 5) is 54.3. The predicted molar refractivity (Wildman–Crippen MR) is 95.2 cm³/mol. The van der Waals surface area contributed by atoms with Crippen molar-refractivity contribution in [2.24, 2.45) is 0 Å². The van der Waals surface area contributed by atoms with Gasteiger partial charge in [0, 0.05) is 21.2 Å². The molecule has 0 aromatic carbocycles. The second-order valence-corrected chi connectivity index (χ2v) is 6.45. The molecule has 10 heteroatoms. The molecule has 2 heterocycles. The topological polar surface area (TPSA) is 131 Å². The molecule has 1 amide bonds. The number of amides is 1. The Bertz CT molecular complexity index is 797. The number of ketones is 1. The van der Waals surface area contributed by atoms with E-state index in [2.05, 4.69) is 4.98 Å². The zero-order valence-corrected chi connectivity index (χ0v) is 15.3. The Morgan fingerprint density at radius 3 is 2.65 bits per heavy atom.